The lowest BCUT2D eigenvalue weighted by atomic mass is 10.2. The Balaban J connectivity index is 3.61. The van der Waals surface area contributed by atoms with Crippen LogP contribution < -0.4 is 5.73 Å². The summed E-state index contributed by atoms with van der Waals surface area (Å²) in [4.78, 5) is 3.11. The normalized spacial score (nSPS) is 11.4. The van der Waals surface area contributed by atoms with Gasteiger partial charge in [0.2, 0.25) is 0 Å². The fraction of sp³-hybridized carbons (Fsp3) is 0.143. The van der Waals surface area contributed by atoms with E-state index in [1.807, 2.05) is 0 Å². The van der Waals surface area contributed by atoms with Crippen molar-refractivity contribution in [2.24, 2.45) is 0 Å². The molecule has 1 aromatic rings. The summed E-state index contributed by atoms with van der Waals surface area (Å²) in [5, 5.41) is 7.75. The maximum Gasteiger partial charge on any atom is 0.282 e. The van der Waals surface area contributed by atoms with E-state index in [0.29, 0.717) is 0 Å². The minimum atomic E-state index is -4.29. The summed E-state index contributed by atoms with van der Waals surface area (Å²) in [5.41, 5.74) is 3.26. The summed E-state index contributed by atoms with van der Waals surface area (Å²) in [6.45, 7) is 0. The molecule has 0 aliphatic rings. The molecule has 0 aliphatic heterocycles. The molecule has 0 amide bonds. The lowest BCUT2D eigenvalue weighted by Gasteiger charge is -2.06. The molecule has 1 rings (SSSR count). The van der Waals surface area contributed by atoms with Gasteiger partial charge < -0.3 is 5.73 Å². The Morgan fingerprint density at radius 2 is 2.12 bits per heavy atom. The number of aromatic nitrogens is 1. The van der Waals surface area contributed by atoms with E-state index in [1.54, 1.807) is 0 Å². The van der Waals surface area contributed by atoms with Gasteiger partial charge in [-0.3, -0.25) is 0 Å². The summed E-state index contributed by atoms with van der Waals surface area (Å²) >= 11 is 0. The van der Waals surface area contributed by atoms with Crippen molar-refractivity contribution < 1.29 is 17.2 Å². The highest BCUT2D eigenvalue weighted by atomic mass is 35.7. The van der Waals surface area contributed by atoms with E-state index in [4.69, 9.17) is 21.7 Å². The van der Waals surface area contributed by atoms with Crippen LogP contribution in [-0.4, -0.2) is 13.4 Å². The summed E-state index contributed by atoms with van der Waals surface area (Å²) < 4.78 is 46.6. The minimum absolute atomic E-state index is 0.412. The second kappa shape index (κ2) is 4.19. The molecule has 0 bridgehead atoms. The second-order valence-electron chi connectivity index (χ2n) is 2.66. The Morgan fingerprint density at radius 3 is 2.50 bits per heavy atom. The van der Waals surface area contributed by atoms with Crippen molar-refractivity contribution in [2.75, 3.05) is 5.73 Å². The number of nitrogen functional groups attached to an aromatic ring is 1. The first-order valence-electron chi connectivity index (χ1n) is 3.70. The third-order valence-electron chi connectivity index (χ3n) is 1.64. The van der Waals surface area contributed by atoms with Crippen molar-refractivity contribution in [1.82, 2.24) is 4.98 Å². The van der Waals surface area contributed by atoms with Gasteiger partial charge in [-0.15, -0.1) is 0 Å². The molecule has 2 N–H and O–H groups in total. The number of nitrogens with two attached hydrogens (primary N) is 1. The zero-order valence-corrected chi connectivity index (χ0v) is 9.06. The number of pyridine rings is 1. The van der Waals surface area contributed by atoms with Crippen molar-refractivity contribution in [3.8, 4) is 6.07 Å². The van der Waals surface area contributed by atoms with Gasteiger partial charge in [0, 0.05) is 10.7 Å². The fourth-order valence-electron chi connectivity index (χ4n) is 0.934. The van der Waals surface area contributed by atoms with Crippen LogP contribution in [0.25, 0.3) is 0 Å². The lowest BCUT2D eigenvalue weighted by Crippen LogP contribution is -2.06. The molecule has 0 saturated carbocycles. The molecule has 0 fully saturated rings. The molecule has 86 valence electrons. The van der Waals surface area contributed by atoms with E-state index in [0.717, 1.165) is 6.07 Å². The van der Waals surface area contributed by atoms with E-state index in [2.05, 4.69) is 4.98 Å². The third kappa shape index (κ3) is 2.37. The monoisotopic (exact) mass is 267 g/mol. The first-order chi connectivity index (χ1) is 7.27. The Hall–Kier alpha value is -1.46. The van der Waals surface area contributed by atoms with E-state index < -0.39 is 37.4 Å². The summed E-state index contributed by atoms with van der Waals surface area (Å²) in [6.07, 6.45) is -3.09. The molecular formula is C7H4ClF2N3O2S. The van der Waals surface area contributed by atoms with Crippen LogP contribution in [0, 0.1) is 11.3 Å². The quantitative estimate of drug-likeness (QED) is 0.817. The number of anilines is 1. The van der Waals surface area contributed by atoms with Crippen LogP contribution in [0.5, 0.6) is 0 Å². The number of hydrogen-bond donors (Lipinski definition) is 1. The van der Waals surface area contributed by atoms with Gasteiger partial charge in [-0.05, 0) is 6.07 Å². The molecule has 0 spiro atoms. The SMILES string of the molecule is N#Cc1cc(S(=O)(=O)Cl)nc(C(F)F)c1N. The molecule has 0 atom stereocenters. The average molecular weight is 268 g/mol. The highest BCUT2D eigenvalue weighted by Gasteiger charge is 2.22. The molecule has 16 heavy (non-hydrogen) atoms. The van der Waals surface area contributed by atoms with Gasteiger partial charge in [0.1, 0.15) is 11.8 Å². The highest BCUT2D eigenvalue weighted by Crippen LogP contribution is 2.28. The van der Waals surface area contributed by atoms with Gasteiger partial charge in [0.25, 0.3) is 15.5 Å². The maximum atomic E-state index is 12.4. The molecule has 9 heteroatoms. The molecule has 0 aromatic carbocycles. The largest absolute Gasteiger partial charge is 0.396 e. The Bertz CT molecular complexity index is 568. The van der Waals surface area contributed by atoms with Crippen molar-refractivity contribution in [2.45, 2.75) is 11.5 Å². The van der Waals surface area contributed by atoms with Gasteiger partial charge in [0.15, 0.2) is 5.03 Å². The minimum Gasteiger partial charge on any atom is -0.396 e. The first-order valence-corrected chi connectivity index (χ1v) is 6.01. The van der Waals surface area contributed by atoms with Gasteiger partial charge in [-0.25, -0.2) is 22.2 Å². The predicted octanol–water partition coefficient (Wildman–Crippen LogP) is 1.40. The number of nitrogens with zero attached hydrogens (tertiary/aromatic N) is 2. The average Bonchev–Trinajstić information content (AvgIpc) is 2.15. The molecule has 0 unspecified atom stereocenters. The smallest absolute Gasteiger partial charge is 0.282 e. The van der Waals surface area contributed by atoms with E-state index in [9.17, 15) is 17.2 Å². The zero-order valence-electron chi connectivity index (χ0n) is 7.49. The molecule has 0 aliphatic carbocycles. The predicted molar refractivity (Wildman–Crippen MR) is 51.4 cm³/mol. The van der Waals surface area contributed by atoms with Crippen LogP contribution in [0.1, 0.15) is 17.7 Å². The maximum absolute atomic E-state index is 12.4. The lowest BCUT2D eigenvalue weighted by molar-refractivity contribution is 0.146. The fourth-order valence-corrected chi connectivity index (χ4v) is 1.64. The third-order valence-corrected chi connectivity index (χ3v) is 2.82. The van der Waals surface area contributed by atoms with Crippen LogP contribution in [0.4, 0.5) is 14.5 Å². The van der Waals surface area contributed by atoms with Crippen molar-refractivity contribution in [3.63, 3.8) is 0 Å². The standard InChI is InChI=1S/C7H4ClF2N3O2S/c8-16(14,15)4-1-3(2-11)5(12)6(13-4)7(9)10/h1,7H,12H2. The highest BCUT2D eigenvalue weighted by molar-refractivity contribution is 8.13. The molecule has 0 radical (unpaired) electrons. The van der Waals surface area contributed by atoms with Crippen LogP contribution in [0.2, 0.25) is 0 Å². The number of nitriles is 1. The van der Waals surface area contributed by atoms with E-state index in [1.165, 1.54) is 6.07 Å². The Morgan fingerprint density at radius 1 is 1.56 bits per heavy atom. The Kier molecular flexibility index (Phi) is 3.30. The Labute approximate surface area is 93.9 Å². The van der Waals surface area contributed by atoms with Crippen molar-refractivity contribution >= 4 is 25.4 Å². The molecular weight excluding hydrogens is 264 g/mol. The number of rotatable bonds is 2. The van der Waals surface area contributed by atoms with Crippen molar-refractivity contribution in [3.05, 3.63) is 17.3 Å². The zero-order chi connectivity index (χ0) is 12.5. The van der Waals surface area contributed by atoms with Gasteiger partial charge in [-0.2, -0.15) is 5.26 Å². The number of alkyl halides is 2. The number of halogens is 3. The molecule has 5 nitrogen and oxygen atoms in total. The van der Waals surface area contributed by atoms with E-state index in [-0.39, 0.29) is 0 Å². The summed E-state index contributed by atoms with van der Waals surface area (Å²) in [5.74, 6) is 0. The summed E-state index contributed by atoms with van der Waals surface area (Å²) in [7, 11) is 0.644. The molecule has 1 aromatic heterocycles. The first kappa shape index (κ1) is 12.6. The van der Waals surface area contributed by atoms with Crippen LogP contribution in [0.15, 0.2) is 11.1 Å². The van der Waals surface area contributed by atoms with Gasteiger partial charge in [-0.1, -0.05) is 0 Å². The topological polar surface area (TPSA) is 96.8 Å². The van der Waals surface area contributed by atoms with Crippen LogP contribution in [0.3, 0.4) is 0 Å². The second-order valence-corrected chi connectivity index (χ2v) is 5.17. The van der Waals surface area contributed by atoms with Gasteiger partial charge >= 0.3 is 0 Å². The molecule has 1 heterocycles. The van der Waals surface area contributed by atoms with Crippen LogP contribution >= 0.6 is 10.7 Å². The number of hydrogen-bond acceptors (Lipinski definition) is 5. The van der Waals surface area contributed by atoms with Crippen molar-refractivity contribution in [1.29, 1.82) is 5.26 Å². The molecule has 0 saturated heterocycles. The summed E-state index contributed by atoms with van der Waals surface area (Å²) in [6, 6.07) is 2.22. The van der Waals surface area contributed by atoms with Crippen LogP contribution in [-0.2, 0) is 9.05 Å². The van der Waals surface area contributed by atoms with Gasteiger partial charge in [0.05, 0.1) is 11.3 Å². The van der Waals surface area contributed by atoms with E-state index >= 15 is 0 Å².